The highest BCUT2D eigenvalue weighted by atomic mass is 32.1. The Labute approximate surface area is 167 Å². The number of likely N-dealkylation sites (N-methyl/N-ethyl adjacent to an activating group) is 1. The lowest BCUT2D eigenvalue weighted by Gasteiger charge is -2.39. The molecule has 27 heavy (non-hydrogen) atoms. The molecular weight excluding hydrogens is 354 g/mol. The summed E-state index contributed by atoms with van der Waals surface area (Å²) in [6, 6.07) is 13.1. The van der Waals surface area contributed by atoms with E-state index in [1.165, 1.54) is 16.0 Å². The van der Waals surface area contributed by atoms with Crippen LogP contribution in [-0.2, 0) is 16.6 Å². The molecule has 1 N–H and O–H groups in total. The average Bonchev–Trinajstić information content (AvgIpc) is 3.21. The molecule has 1 aliphatic rings. The van der Waals surface area contributed by atoms with Crippen LogP contribution in [0.5, 0.6) is 0 Å². The van der Waals surface area contributed by atoms with Crippen molar-refractivity contribution in [1.82, 2.24) is 10.2 Å². The normalized spacial score (nSPS) is 16.9. The van der Waals surface area contributed by atoms with Crippen LogP contribution in [0.15, 0.2) is 46.8 Å². The quantitative estimate of drug-likeness (QED) is 0.606. The lowest BCUT2D eigenvalue weighted by molar-refractivity contribution is 0.0510. The van der Waals surface area contributed by atoms with Crippen molar-refractivity contribution in [2.75, 3.05) is 40.4 Å². The summed E-state index contributed by atoms with van der Waals surface area (Å²) in [5.74, 6) is 0.964. The summed E-state index contributed by atoms with van der Waals surface area (Å²) >= 11 is 1.82. The minimum atomic E-state index is 0.105. The number of guanidine groups is 1. The maximum atomic E-state index is 5.68. The van der Waals surface area contributed by atoms with Crippen LogP contribution in [0.25, 0.3) is 0 Å². The second-order valence-corrected chi connectivity index (χ2v) is 8.39. The number of hydrogen-bond donors (Lipinski definition) is 1. The predicted molar refractivity (Wildman–Crippen MR) is 115 cm³/mol. The van der Waals surface area contributed by atoms with Gasteiger partial charge in [-0.1, -0.05) is 30.3 Å². The van der Waals surface area contributed by atoms with Gasteiger partial charge < -0.3 is 15.0 Å². The monoisotopic (exact) mass is 385 g/mol. The first-order valence-corrected chi connectivity index (χ1v) is 10.6. The van der Waals surface area contributed by atoms with E-state index in [1.807, 2.05) is 18.4 Å². The Hall–Kier alpha value is -1.85. The molecule has 0 spiro atoms. The molecule has 1 saturated heterocycles. The van der Waals surface area contributed by atoms with Crippen LogP contribution in [-0.4, -0.2) is 51.3 Å². The Bertz CT molecular complexity index is 736. The van der Waals surface area contributed by atoms with Crippen LogP contribution in [0.4, 0.5) is 0 Å². The maximum Gasteiger partial charge on any atom is 0.193 e. The summed E-state index contributed by atoms with van der Waals surface area (Å²) in [5.41, 5.74) is 2.91. The molecule has 1 fully saturated rings. The van der Waals surface area contributed by atoms with E-state index in [-0.39, 0.29) is 5.41 Å². The zero-order valence-electron chi connectivity index (χ0n) is 16.7. The number of rotatable bonds is 6. The highest BCUT2D eigenvalue weighted by Gasteiger charge is 2.35. The number of ether oxygens (including phenoxy) is 1. The van der Waals surface area contributed by atoms with Crippen LogP contribution in [0.2, 0.25) is 0 Å². The summed E-state index contributed by atoms with van der Waals surface area (Å²) in [5, 5.41) is 5.80. The number of hydrogen-bond acceptors (Lipinski definition) is 3. The second kappa shape index (κ2) is 9.38. The van der Waals surface area contributed by atoms with Gasteiger partial charge in [0.1, 0.15) is 0 Å². The van der Waals surface area contributed by atoms with Gasteiger partial charge in [0.15, 0.2) is 5.96 Å². The third-order valence-corrected chi connectivity index (χ3v) is 6.53. The zero-order chi connectivity index (χ0) is 19.1. The minimum Gasteiger partial charge on any atom is -0.381 e. The van der Waals surface area contributed by atoms with Gasteiger partial charge in [-0.15, -0.1) is 11.3 Å². The number of benzene rings is 1. The fraction of sp³-hybridized carbons (Fsp3) is 0.500. The first kappa shape index (κ1) is 19.9. The van der Waals surface area contributed by atoms with Crippen LogP contribution in [0, 0.1) is 6.92 Å². The Kier molecular flexibility index (Phi) is 6.91. The number of nitrogens with zero attached hydrogens (tertiary/aromatic N) is 2. The zero-order valence-corrected chi connectivity index (χ0v) is 17.5. The predicted octanol–water partition coefficient (Wildman–Crippen LogP) is 3.85. The summed E-state index contributed by atoms with van der Waals surface area (Å²) in [4.78, 5) is 8.16. The summed E-state index contributed by atoms with van der Waals surface area (Å²) in [6.07, 6.45) is 3.13. The van der Waals surface area contributed by atoms with Gasteiger partial charge in [-0.05, 0) is 48.8 Å². The third-order valence-electron chi connectivity index (χ3n) is 5.60. The van der Waals surface area contributed by atoms with Crippen LogP contribution in [0.1, 0.15) is 28.8 Å². The van der Waals surface area contributed by atoms with Crippen molar-refractivity contribution in [3.8, 4) is 0 Å². The Morgan fingerprint density at radius 2 is 2.00 bits per heavy atom. The van der Waals surface area contributed by atoms with Crippen LogP contribution >= 0.6 is 11.3 Å². The highest BCUT2D eigenvalue weighted by Crippen LogP contribution is 2.36. The van der Waals surface area contributed by atoms with Gasteiger partial charge in [-0.3, -0.25) is 4.99 Å². The van der Waals surface area contributed by atoms with Crippen molar-refractivity contribution in [1.29, 1.82) is 0 Å². The number of nitrogens with one attached hydrogen (secondary N) is 1. The number of aliphatic imine (C=N–C) groups is 1. The Balaban J connectivity index is 1.67. The molecule has 0 aliphatic carbocycles. The molecule has 146 valence electrons. The topological polar surface area (TPSA) is 36.9 Å². The lowest BCUT2D eigenvalue weighted by Crippen LogP contribution is -2.49. The third kappa shape index (κ3) is 4.90. The molecule has 0 atom stereocenters. The fourth-order valence-electron chi connectivity index (χ4n) is 3.94. The van der Waals surface area contributed by atoms with E-state index < -0.39 is 0 Å². The van der Waals surface area contributed by atoms with Crippen molar-refractivity contribution in [2.45, 2.75) is 31.6 Å². The molecule has 0 unspecified atom stereocenters. The fourth-order valence-corrected chi connectivity index (χ4v) is 4.64. The van der Waals surface area contributed by atoms with Gasteiger partial charge >= 0.3 is 0 Å². The SMILES string of the molecule is CN=C(NCC1(c2ccccc2C)CCOCC1)N(C)CCc1cccs1. The largest absolute Gasteiger partial charge is 0.381 e. The van der Waals surface area contributed by atoms with Crippen molar-refractivity contribution >= 4 is 17.3 Å². The van der Waals surface area contributed by atoms with Gasteiger partial charge in [-0.25, -0.2) is 0 Å². The van der Waals surface area contributed by atoms with Crippen molar-refractivity contribution in [2.24, 2.45) is 4.99 Å². The van der Waals surface area contributed by atoms with E-state index in [2.05, 4.69) is 71.0 Å². The van der Waals surface area contributed by atoms with Gasteiger partial charge in [0.2, 0.25) is 0 Å². The smallest absolute Gasteiger partial charge is 0.193 e. The van der Waals surface area contributed by atoms with Gasteiger partial charge in [0.05, 0.1) is 0 Å². The van der Waals surface area contributed by atoms with Crippen molar-refractivity contribution in [3.05, 3.63) is 57.8 Å². The van der Waals surface area contributed by atoms with Crippen LogP contribution in [0.3, 0.4) is 0 Å². The lowest BCUT2D eigenvalue weighted by atomic mass is 9.72. The summed E-state index contributed by atoms with van der Waals surface area (Å²) in [7, 11) is 3.99. The molecule has 4 nitrogen and oxygen atoms in total. The van der Waals surface area contributed by atoms with Crippen LogP contribution < -0.4 is 5.32 Å². The summed E-state index contributed by atoms with van der Waals surface area (Å²) in [6.45, 7) is 5.71. The second-order valence-electron chi connectivity index (χ2n) is 7.36. The molecule has 0 radical (unpaired) electrons. The molecule has 1 aromatic heterocycles. The van der Waals surface area contributed by atoms with E-state index in [0.717, 1.165) is 51.5 Å². The summed E-state index contributed by atoms with van der Waals surface area (Å²) < 4.78 is 5.68. The van der Waals surface area contributed by atoms with Crippen molar-refractivity contribution < 1.29 is 4.74 Å². The molecule has 0 amide bonds. The van der Waals surface area contributed by atoms with Gasteiger partial charge in [0, 0.05) is 50.7 Å². The van der Waals surface area contributed by atoms with Gasteiger partial charge in [-0.2, -0.15) is 0 Å². The van der Waals surface area contributed by atoms with E-state index in [9.17, 15) is 0 Å². The Morgan fingerprint density at radius 3 is 2.67 bits per heavy atom. The molecule has 2 heterocycles. The Morgan fingerprint density at radius 1 is 1.22 bits per heavy atom. The molecule has 1 aromatic carbocycles. The highest BCUT2D eigenvalue weighted by molar-refractivity contribution is 7.09. The first-order chi connectivity index (χ1) is 13.1. The molecule has 5 heteroatoms. The molecular formula is C22H31N3OS. The van der Waals surface area contributed by atoms with Gasteiger partial charge in [0.25, 0.3) is 0 Å². The molecule has 0 saturated carbocycles. The van der Waals surface area contributed by atoms with E-state index in [0.29, 0.717) is 0 Å². The van der Waals surface area contributed by atoms with E-state index in [4.69, 9.17) is 4.74 Å². The molecule has 1 aliphatic heterocycles. The van der Waals surface area contributed by atoms with E-state index >= 15 is 0 Å². The first-order valence-electron chi connectivity index (χ1n) is 9.73. The molecule has 3 rings (SSSR count). The minimum absolute atomic E-state index is 0.105. The van der Waals surface area contributed by atoms with Crippen molar-refractivity contribution in [3.63, 3.8) is 0 Å². The number of thiophene rings is 1. The molecule has 2 aromatic rings. The number of aryl methyl sites for hydroxylation is 1. The maximum absolute atomic E-state index is 5.68. The standard InChI is InChI=1S/C22H31N3OS/c1-18-7-4-5-9-20(18)22(11-14-26-15-12-22)17-24-21(23-2)25(3)13-10-19-8-6-16-27-19/h4-9,16H,10-15,17H2,1-3H3,(H,23,24). The van der Waals surface area contributed by atoms with E-state index in [1.54, 1.807) is 0 Å². The average molecular weight is 386 g/mol. The molecule has 0 bridgehead atoms.